The van der Waals surface area contributed by atoms with Crippen molar-refractivity contribution in [2.24, 2.45) is 22.7 Å². The molecule has 0 unspecified atom stereocenters. The molecule has 80 valence electrons. The molecule has 0 aromatic rings. The fourth-order valence-electron chi connectivity index (χ4n) is 4.16. The Hall–Kier alpha value is -0.850. The fourth-order valence-corrected chi connectivity index (χ4v) is 4.16. The highest BCUT2D eigenvalue weighted by Crippen LogP contribution is 2.62. The van der Waals surface area contributed by atoms with Crippen LogP contribution < -0.4 is 0 Å². The zero-order valence-corrected chi connectivity index (χ0v) is 9.71. The van der Waals surface area contributed by atoms with E-state index in [2.05, 4.69) is 39.0 Å². The molecule has 1 nitrogen and oxygen atoms in total. The van der Waals surface area contributed by atoms with Crippen molar-refractivity contribution in [1.29, 1.82) is 0 Å². The summed E-state index contributed by atoms with van der Waals surface area (Å²) in [4.78, 5) is 12.4. The van der Waals surface area contributed by atoms with Crippen LogP contribution in [0.3, 0.4) is 0 Å². The zero-order valence-electron chi connectivity index (χ0n) is 9.71. The van der Waals surface area contributed by atoms with Crippen LogP contribution in [-0.4, -0.2) is 5.78 Å². The van der Waals surface area contributed by atoms with Crippen LogP contribution in [0.15, 0.2) is 23.8 Å². The summed E-state index contributed by atoms with van der Waals surface area (Å²) in [5.74, 6) is 1.44. The monoisotopic (exact) mass is 202 g/mol. The number of ketones is 1. The molecule has 0 aromatic carbocycles. The maximum Gasteiger partial charge on any atom is 0.168 e. The van der Waals surface area contributed by atoms with Crippen molar-refractivity contribution >= 4 is 5.78 Å². The van der Waals surface area contributed by atoms with Gasteiger partial charge < -0.3 is 0 Å². The Morgan fingerprint density at radius 2 is 2.00 bits per heavy atom. The first kappa shape index (κ1) is 9.38. The number of hydrogen-bond acceptors (Lipinski definition) is 1. The van der Waals surface area contributed by atoms with E-state index in [-0.39, 0.29) is 10.8 Å². The SMILES string of the molecule is CC1(C)C=C[C@]2(C)C(=O)C3=CCC[C@H]3[C@H]12. The maximum atomic E-state index is 12.4. The predicted molar refractivity (Wildman–Crippen MR) is 60.3 cm³/mol. The van der Waals surface area contributed by atoms with E-state index in [9.17, 15) is 4.79 Å². The Balaban J connectivity index is 2.16. The average Bonchev–Trinajstić information content (AvgIpc) is 2.73. The summed E-state index contributed by atoms with van der Waals surface area (Å²) in [5, 5.41) is 0. The summed E-state index contributed by atoms with van der Waals surface area (Å²) in [6.07, 6.45) is 8.89. The van der Waals surface area contributed by atoms with Crippen LogP contribution >= 0.6 is 0 Å². The molecule has 0 radical (unpaired) electrons. The first-order chi connectivity index (χ1) is 6.97. The van der Waals surface area contributed by atoms with Gasteiger partial charge in [-0.1, -0.05) is 32.1 Å². The largest absolute Gasteiger partial charge is 0.294 e. The van der Waals surface area contributed by atoms with E-state index in [0.717, 1.165) is 12.0 Å². The highest BCUT2D eigenvalue weighted by molar-refractivity contribution is 6.05. The molecule has 1 saturated carbocycles. The maximum absolute atomic E-state index is 12.4. The number of fused-ring (bicyclic) bond motifs is 3. The Bertz CT molecular complexity index is 400. The van der Waals surface area contributed by atoms with Gasteiger partial charge in [-0.05, 0) is 42.6 Å². The lowest BCUT2D eigenvalue weighted by atomic mass is 9.68. The summed E-state index contributed by atoms with van der Waals surface area (Å²) in [6, 6.07) is 0. The predicted octanol–water partition coefficient (Wildman–Crippen LogP) is 3.12. The molecule has 0 amide bonds. The molecule has 3 atom stereocenters. The first-order valence-electron chi connectivity index (χ1n) is 5.92. The van der Waals surface area contributed by atoms with Gasteiger partial charge in [-0.2, -0.15) is 0 Å². The van der Waals surface area contributed by atoms with Gasteiger partial charge >= 0.3 is 0 Å². The molecular weight excluding hydrogens is 184 g/mol. The lowest BCUT2D eigenvalue weighted by Crippen LogP contribution is -2.33. The van der Waals surface area contributed by atoms with Crippen LogP contribution in [0.5, 0.6) is 0 Å². The number of carbonyl (C=O) groups is 1. The normalized spacial score (nSPS) is 45.5. The Morgan fingerprint density at radius 1 is 1.27 bits per heavy atom. The standard InChI is InChI=1S/C14H18O/c1-13(2)7-8-14(3)11(13)9-5-4-6-10(9)12(14)15/h6-9,11H,4-5H2,1-3H3/t9-,11-,14+/m1/s1. The molecule has 0 aromatic heterocycles. The number of rotatable bonds is 0. The minimum Gasteiger partial charge on any atom is -0.294 e. The van der Waals surface area contributed by atoms with Crippen molar-refractivity contribution in [1.82, 2.24) is 0 Å². The van der Waals surface area contributed by atoms with E-state index in [1.807, 2.05) is 0 Å². The van der Waals surface area contributed by atoms with Gasteiger partial charge in [0.2, 0.25) is 0 Å². The quantitative estimate of drug-likeness (QED) is 0.551. The van der Waals surface area contributed by atoms with Gasteiger partial charge in [0, 0.05) is 0 Å². The molecule has 15 heavy (non-hydrogen) atoms. The van der Waals surface area contributed by atoms with Gasteiger partial charge in [-0.25, -0.2) is 0 Å². The van der Waals surface area contributed by atoms with Crippen molar-refractivity contribution in [3.05, 3.63) is 23.8 Å². The van der Waals surface area contributed by atoms with Gasteiger partial charge in [-0.15, -0.1) is 0 Å². The Kier molecular flexibility index (Phi) is 1.53. The first-order valence-corrected chi connectivity index (χ1v) is 5.92. The molecule has 1 heteroatoms. The van der Waals surface area contributed by atoms with E-state index >= 15 is 0 Å². The fraction of sp³-hybridized carbons (Fsp3) is 0.643. The number of Topliss-reactive ketones (excluding diaryl/α,β-unsaturated/α-hetero) is 1. The molecule has 0 spiro atoms. The molecule has 3 aliphatic carbocycles. The van der Waals surface area contributed by atoms with E-state index < -0.39 is 0 Å². The highest BCUT2D eigenvalue weighted by atomic mass is 16.1. The Morgan fingerprint density at radius 3 is 2.73 bits per heavy atom. The summed E-state index contributed by atoms with van der Waals surface area (Å²) in [6.45, 7) is 6.67. The van der Waals surface area contributed by atoms with Gasteiger partial charge in [-0.3, -0.25) is 4.79 Å². The summed E-state index contributed by atoms with van der Waals surface area (Å²) < 4.78 is 0. The number of hydrogen-bond donors (Lipinski definition) is 0. The van der Waals surface area contributed by atoms with Crippen LogP contribution in [0.1, 0.15) is 33.6 Å². The molecule has 0 heterocycles. The molecule has 1 fully saturated rings. The van der Waals surface area contributed by atoms with Crippen LogP contribution in [0.25, 0.3) is 0 Å². The molecule has 0 N–H and O–H groups in total. The van der Waals surface area contributed by atoms with Crippen molar-refractivity contribution in [2.45, 2.75) is 33.6 Å². The minimum atomic E-state index is -0.194. The van der Waals surface area contributed by atoms with Gasteiger partial charge in [0.05, 0.1) is 5.41 Å². The molecular formula is C14H18O. The number of carbonyl (C=O) groups excluding carboxylic acids is 1. The van der Waals surface area contributed by atoms with Gasteiger partial charge in [0.25, 0.3) is 0 Å². The van der Waals surface area contributed by atoms with E-state index in [0.29, 0.717) is 17.6 Å². The lowest BCUT2D eigenvalue weighted by molar-refractivity contribution is -0.121. The number of allylic oxidation sites excluding steroid dienone is 4. The Labute approximate surface area is 91.2 Å². The van der Waals surface area contributed by atoms with Crippen molar-refractivity contribution in [3.8, 4) is 0 Å². The van der Waals surface area contributed by atoms with Crippen molar-refractivity contribution in [2.75, 3.05) is 0 Å². The molecule has 0 aliphatic heterocycles. The second kappa shape index (κ2) is 2.45. The summed E-state index contributed by atoms with van der Waals surface area (Å²) in [5.41, 5.74) is 1.13. The second-order valence-electron chi connectivity index (χ2n) is 6.09. The summed E-state index contributed by atoms with van der Waals surface area (Å²) >= 11 is 0. The van der Waals surface area contributed by atoms with Crippen LogP contribution in [0, 0.1) is 22.7 Å². The highest BCUT2D eigenvalue weighted by Gasteiger charge is 2.60. The van der Waals surface area contributed by atoms with E-state index in [1.54, 1.807) is 0 Å². The third kappa shape index (κ3) is 0.920. The third-order valence-corrected chi connectivity index (χ3v) is 4.70. The van der Waals surface area contributed by atoms with Gasteiger partial charge in [0.1, 0.15) is 0 Å². The minimum absolute atomic E-state index is 0.189. The van der Waals surface area contributed by atoms with Crippen molar-refractivity contribution in [3.63, 3.8) is 0 Å². The van der Waals surface area contributed by atoms with Gasteiger partial charge in [0.15, 0.2) is 5.78 Å². The topological polar surface area (TPSA) is 17.1 Å². The lowest BCUT2D eigenvalue weighted by Gasteiger charge is -2.34. The second-order valence-corrected chi connectivity index (χ2v) is 6.09. The molecule has 3 aliphatic rings. The van der Waals surface area contributed by atoms with E-state index in [1.165, 1.54) is 6.42 Å². The third-order valence-electron chi connectivity index (χ3n) is 4.70. The zero-order chi connectivity index (χ0) is 10.8. The molecule has 0 saturated heterocycles. The summed E-state index contributed by atoms with van der Waals surface area (Å²) in [7, 11) is 0. The average molecular weight is 202 g/mol. The molecule has 0 bridgehead atoms. The van der Waals surface area contributed by atoms with E-state index in [4.69, 9.17) is 0 Å². The smallest absolute Gasteiger partial charge is 0.168 e. The van der Waals surface area contributed by atoms with Crippen LogP contribution in [0.2, 0.25) is 0 Å². The molecule has 3 rings (SSSR count). The van der Waals surface area contributed by atoms with Crippen LogP contribution in [0.4, 0.5) is 0 Å². The van der Waals surface area contributed by atoms with Crippen LogP contribution in [-0.2, 0) is 4.79 Å². The van der Waals surface area contributed by atoms with Crippen molar-refractivity contribution < 1.29 is 4.79 Å².